The lowest BCUT2D eigenvalue weighted by atomic mass is 10.0. The summed E-state index contributed by atoms with van der Waals surface area (Å²) in [6.45, 7) is 0. The van der Waals surface area contributed by atoms with E-state index in [4.69, 9.17) is 4.74 Å². The van der Waals surface area contributed by atoms with E-state index in [1.807, 2.05) is 48.2 Å². The van der Waals surface area contributed by atoms with Crippen LogP contribution in [0.3, 0.4) is 0 Å². The van der Waals surface area contributed by atoms with Crippen LogP contribution in [0.5, 0.6) is 5.75 Å². The number of thioether (sulfide) groups is 1. The number of hydrogen-bond acceptors (Lipinski definition) is 3. The van der Waals surface area contributed by atoms with Crippen molar-refractivity contribution in [2.75, 3.05) is 12.9 Å². The van der Waals surface area contributed by atoms with Gasteiger partial charge in [-0.2, -0.15) is 11.8 Å². The van der Waals surface area contributed by atoms with Gasteiger partial charge in [-0.1, -0.05) is 49.6 Å². The fourth-order valence-electron chi connectivity index (χ4n) is 3.21. The minimum atomic E-state index is 0.184. The van der Waals surface area contributed by atoms with Gasteiger partial charge in [0.25, 0.3) is 0 Å². The van der Waals surface area contributed by atoms with Crippen LogP contribution >= 0.6 is 11.8 Å². The molecule has 1 aliphatic carbocycles. The lowest BCUT2D eigenvalue weighted by Gasteiger charge is -2.21. The van der Waals surface area contributed by atoms with E-state index in [0.717, 1.165) is 16.3 Å². The summed E-state index contributed by atoms with van der Waals surface area (Å²) in [5, 5.41) is 2.74. The van der Waals surface area contributed by atoms with Crippen molar-refractivity contribution in [2.24, 2.45) is 0 Å². The number of carbonyl (C=O) groups excluding carboxylic acids is 1. The third kappa shape index (κ3) is 3.30. The highest BCUT2D eigenvalue weighted by atomic mass is 32.2. The first-order chi connectivity index (χ1) is 10.8. The maximum atomic E-state index is 12.8. The van der Waals surface area contributed by atoms with Crippen molar-refractivity contribution < 1.29 is 9.53 Å². The van der Waals surface area contributed by atoms with Crippen molar-refractivity contribution in [2.45, 2.75) is 37.4 Å². The maximum absolute atomic E-state index is 12.8. The summed E-state index contributed by atoms with van der Waals surface area (Å²) in [6.07, 6.45) is 6.48. The molecular formula is C19H22O2S. The molecule has 2 aromatic carbocycles. The molecule has 1 saturated carbocycles. The highest BCUT2D eigenvalue weighted by Gasteiger charge is 2.19. The molecule has 2 aromatic rings. The van der Waals surface area contributed by atoms with Gasteiger partial charge in [0.15, 0.2) is 5.78 Å². The van der Waals surface area contributed by atoms with Crippen LogP contribution in [0.25, 0.3) is 10.8 Å². The van der Waals surface area contributed by atoms with Gasteiger partial charge < -0.3 is 4.74 Å². The average molecular weight is 314 g/mol. The zero-order valence-corrected chi connectivity index (χ0v) is 13.8. The molecule has 0 unspecified atom stereocenters. The molecule has 2 nitrogen and oxygen atoms in total. The van der Waals surface area contributed by atoms with Crippen molar-refractivity contribution in [3.05, 3.63) is 42.0 Å². The predicted octanol–water partition coefficient (Wildman–Crippen LogP) is 5.10. The van der Waals surface area contributed by atoms with Gasteiger partial charge in [-0.25, -0.2) is 0 Å². The molecule has 1 aliphatic rings. The van der Waals surface area contributed by atoms with E-state index < -0.39 is 0 Å². The Morgan fingerprint density at radius 2 is 1.91 bits per heavy atom. The molecule has 0 aliphatic heterocycles. The number of carbonyl (C=O) groups is 1. The molecule has 0 spiro atoms. The Hall–Kier alpha value is -1.48. The molecular weight excluding hydrogens is 292 g/mol. The predicted molar refractivity (Wildman–Crippen MR) is 94.2 cm³/mol. The van der Waals surface area contributed by atoms with E-state index in [-0.39, 0.29) is 5.78 Å². The molecule has 22 heavy (non-hydrogen) atoms. The van der Waals surface area contributed by atoms with Crippen LogP contribution < -0.4 is 4.74 Å². The van der Waals surface area contributed by atoms with Crippen LogP contribution in [0, 0.1) is 0 Å². The second kappa shape index (κ2) is 7.19. The topological polar surface area (TPSA) is 26.3 Å². The molecule has 0 amide bonds. The number of hydrogen-bond donors (Lipinski definition) is 0. The Bertz CT molecular complexity index is 660. The Morgan fingerprint density at radius 3 is 2.68 bits per heavy atom. The minimum absolute atomic E-state index is 0.184. The Kier molecular flexibility index (Phi) is 5.04. The summed E-state index contributed by atoms with van der Waals surface area (Å²) in [5.74, 6) is 1.42. The summed E-state index contributed by atoms with van der Waals surface area (Å²) < 4.78 is 5.44. The molecule has 0 bridgehead atoms. The quantitative estimate of drug-likeness (QED) is 0.718. The number of rotatable bonds is 5. The van der Waals surface area contributed by atoms with Crippen LogP contribution in [0.1, 0.15) is 42.5 Å². The zero-order valence-electron chi connectivity index (χ0n) is 13.0. The molecule has 0 saturated heterocycles. The maximum Gasteiger partial charge on any atom is 0.177 e. The SMILES string of the molecule is COc1ccc2ccccc2c1C(=O)CSC1CCCCC1. The van der Waals surface area contributed by atoms with E-state index in [2.05, 4.69) is 0 Å². The Balaban J connectivity index is 1.82. The smallest absolute Gasteiger partial charge is 0.177 e. The van der Waals surface area contributed by atoms with Gasteiger partial charge in [0.1, 0.15) is 5.75 Å². The van der Waals surface area contributed by atoms with Crippen LogP contribution in [0.2, 0.25) is 0 Å². The van der Waals surface area contributed by atoms with Gasteiger partial charge in [-0.3, -0.25) is 4.79 Å². The molecule has 116 valence electrons. The summed E-state index contributed by atoms with van der Waals surface area (Å²) in [4.78, 5) is 12.8. The summed E-state index contributed by atoms with van der Waals surface area (Å²) in [6, 6.07) is 11.9. The first-order valence-electron chi connectivity index (χ1n) is 8.00. The third-order valence-electron chi connectivity index (χ3n) is 4.39. The van der Waals surface area contributed by atoms with Gasteiger partial charge in [0.2, 0.25) is 0 Å². The Labute approximate surface area is 136 Å². The van der Waals surface area contributed by atoms with Crippen molar-refractivity contribution in [3.63, 3.8) is 0 Å². The number of ketones is 1. The molecule has 0 radical (unpaired) electrons. The number of ether oxygens (including phenoxy) is 1. The van der Waals surface area contributed by atoms with E-state index in [1.165, 1.54) is 32.1 Å². The van der Waals surface area contributed by atoms with E-state index in [1.54, 1.807) is 7.11 Å². The van der Waals surface area contributed by atoms with Gasteiger partial charge >= 0.3 is 0 Å². The average Bonchev–Trinajstić information content (AvgIpc) is 2.59. The van der Waals surface area contributed by atoms with Gasteiger partial charge in [0.05, 0.1) is 18.4 Å². The second-order valence-corrected chi connectivity index (χ2v) is 7.15. The highest BCUT2D eigenvalue weighted by Crippen LogP contribution is 2.32. The summed E-state index contributed by atoms with van der Waals surface area (Å²) in [7, 11) is 1.63. The lowest BCUT2D eigenvalue weighted by molar-refractivity contribution is 0.102. The van der Waals surface area contributed by atoms with Crippen LogP contribution in [-0.4, -0.2) is 23.9 Å². The minimum Gasteiger partial charge on any atom is -0.496 e. The molecule has 0 N–H and O–H groups in total. The monoisotopic (exact) mass is 314 g/mol. The first-order valence-corrected chi connectivity index (χ1v) is 9.05. The van der Waals surface area contributed by atoms with Crippen molar-refractivity contribution in [3.8, 4) is 5.75 Å². The number of Topliss-reactive ketones (excluding diaryl/α,β-unsaturated/α-hetero) is 1. The van der Waals surface area contributed by atoms with Gasteiger partial charge in [-0.05, 0) is 29.7 Å². The second-order valence-electron chi connectivity index (χ2n) is 5.86. The molecule has 1 fully saturated rings. The molecule has 0 aromatic heterocycles. The highest BCUT2D eigenvalue weighted by molar-refractivity contribution is 8.00. The van der Waals surface area contributed by atoms with Crippen LogP contribution in [0.15, 0.2) is 36.4 Å². The molecule has 3 rings (SSSR count). The number of fused-ring (bicyclic) bond motifs is 1. The van der Waals surface area contributed by atoms with Crippen LogP contribution in [0.4, 0.5) is 0 Å². The molecule has 0 atom stereocenters. The Morgan fingerprint density at radius 1 is 1.14 bits per heavy atom. The van der Waals surface area contributed by atoms with Crippen LogP contribution in [-0.2, 0) is 0 Å². The fraction of sp³-hybridized carbons (Fsp3) is 0.421. The first kappa shape index (κ1) is 15.4. The van der Waals surface area contributed by atoms with Crippen molar-refractivity contribution in [1.82, 2.24) is 0 Å². The van der Waals surface area contributed by atoms with E-state index in [0.29, 0.717) is 16.8 Å². The number of methoxy groups -OCH3 is 1. The molecule has 0 heterocycles. The number of benzene rings is 2. The lowest BCUT2D eigenvalue weighted by Crippen LogP contribution is -2.13. The van der Waals surface area contributed by atoms with Crippen molar-refractivity contribution in [1.29, 1.82) is 0 Å². The van der Waals surface area contributed by atoms with E-state index in [9.17, 15) is 4.79 Å². The zero-order chi connectivity index (χ0) is 15.4. The normalized spacial score (nSPS) is 15.9. The standard InChI is InChI=1S/C19H22O2S/c1-21-18-12-11-14-7-5-6-10-16(14)19(18)17(20)13-22-15-8-3-2-4-9-15/h5-7,10-12,15H,2-4,8-9,13H2,1H3. The fourth-order valence-corrected chi connectivity index (χ4v) is 4.40. The summed E-state index contributed by atoms with van der Waals surface area (Å²) >= 11 is 1.82. The summed E-state index contributed by atoms with van der Waals surface area (Å²) in [5.41, 5.74) is 0.740. The van der Waals surface area contributed by atoms with Gasteiger partial charge in [0, 0.05) is 5.25 Å². The third-order valence-corrected chi connectivity index (χ3v) is 5.76. The van der Waals surface area contributed by atoms with Gasteiger partial charge in [-0.15, -0.1) is 0 Å². The van der Waals surface area contributed by atoms with Crippen molar-refractivity contribution >= 4 is 28.3 Å². The van der Waals surface area contributed by atoms with E-state index >= 15 is 0 Å². The molecule has 3 heteroatoms. The largest absolute Gasteiger partial charge is 0.496 e.